The van der Waals surface area contributed by atoms with Crippen LogP contribution in [-0.4, -0.2) is 4.98 Å². The van der Waals surface area contributed by atoms with Gasteiger partial charge in [-0.1, -0.05) is 88.7 Å². The number of halogens is 1. The molecule has 0 spiro atoms. The Labute approximate surface area is 156 Å². The summed E-state index contributed by atoms with van der Waals surface area (Å²) >= 11 is 3.57. The van der Waals surface area contributed by atoms with E-state index in [2.05, 4.69) is 70.5 Å². The van der Waals surface area contributed by atoms with Gasteiger partial charge in [0.25, 0.3) is 0 Å². The van der Waals surface area contributed by atoms with Gasteiger partial charge in [0, 0.05) is 15.6 Å². The summed E-state index contributed by atoms with van der Waals surface area (Å²) in [6.45, 7) is 0. The molecule has 0 amide bonds. The lowest BCUT2D eigenvalue weighted by atomic mass is 10.00. The maximum absolute atomic E-state index is 4.91. The molecule has 0 saturated heterocycles. The fourth-order valence-electron chi connectivity index (χ4n) is 2.88. The molecule has 0 atom stereocenters. The number of benzene rings is 3. The molecule has 0 aliphatic heterocycles. The summed E-state index contributed by atoms with van der Waals surface area (Å²) in [6, 6.07) is 33.3. The molecule has 1 heterocycles. The van der Waals surface area contributed by atoms with Crippen LogP contribution in [0.15, 0.2) is 102 Å². The maximum atomic E-state index is 4.91. The van der Waals surface area contributed by atoms with Crippen molar-refractivity contribution in [2.45, 2.75) is 0 Å². The Balaban J connectivity index is 1.92. The Kier molecular flexibility index (Phi) is 4.45. The molecule has 0 aliphatic rings. The van der Waals surface area contributed by atoms with Crippen LogP contribution in [0.2, 0.25) is 0 Å². The predicted octanol–water partition coefficient (Wildman–Crippen LogP) is 6.85. The monoisotopic (exact) mass is 385 g/mol. The van der Waals surface area contributed by atoms with Gasteiger partial charge in [-0.05, 0) is 35.4 Å². The van der Waals surface area contributed by atoms with Crippen molar-refractivity contribution < 1.29 is 0 Å². The summed E-state index contributed by atoms with van der Waals surface area (Å²) in [7, 11) is 0. The molecule has 2 heteroatoms. The van der Waals surface area contributed by atoms with Gasteiger partial charge in [0.05, 0.1) is 11.4 Å². The molecule has 0 unspecified atom stereocenters. The largest absolute Gasteiger partial charge is 0.248 e. The number of rotatable bonds is 3. The summed E-state index contributed by atoms with van der Waals surface area (Å²) in [5, 5.41) is 0. The van der Waals surface area contributed by atoms with Gasteiger partial charge in [0.1, 0.15) is 0 Å². The van der Waals surface area contributed by atoms with E-state index in [0.29, 0.717) is 0 Å². The molecular formula is C23H16BrN. The lowest BCUT2D eigenvalue weighted by molar-refractivity contribution is 1.32. The van der Waals surface area contributed by atoms with E-state index < -0.39 is 0 Å². The molecule has 0 fully saturated rings. The highest BCUT2D eigenvalue weighted by Gasteiger charge is 2.08. The minimum absolute atomic E-state index is 0.983. The summed E-state index contributed by atoms with van der Waals surface area (Å²) in [5.41, 5.74) is 6.54. The van der Waals surface area contributed by atoms with E-state index in [1.807, 2.05) is 42.5 Å². The Bertz CT molecular complexity index is 937. The molecular weight excluding hydrogens is 370 g/mol. The highest BCUT2D eigenvalue weighted by atomic mass is 79.9. The molecule has 0 radical (unpaired) electrons. The molecule has 0 saturated carbocycles. The van der Waals surface area contributed by atoms with Gasteiger partial charge in [-0.2, -0.15) is 0 Å². The van der Waals surface area contributed by atoms with Crippen molar-refractivity contribution in [2.24, 2.45) is 0 Å². The normalized spacial score (nSPS) is 10.6. The van der Waals surface area contributed by atoms with E-state index in [1.165, 1.54) is 5.56 Å². The second kappa shape index (κ2) is 7.04. The molecule has 25 heavy (non-hydrogen) atoms. The molecule has 1 aromatic heterocycles. The highest BCUT2D eigenvalue weighted by Crippen LogP contribution is 2.31. The van der Waals surface area contributed by atoms with E-state index in [9.17, 15) is 0 Å². The number of pyridine rings is 1. The Morgan fingerprint density at radius 2 is 1.00 bits per heavy atom. The average molecular weight is 386 g/mol. The Morgan fingerprint density at radius 3 is 1.52 bits per heavy atom. The smallest absolute Gasteiger partial charge is 0.0715 e. The number of nitrogens with zero attached hydrogens (tertiary/aromatic N) is 1. The third kappa shape index (κ3) is 3.54. The minimum Gasteiger partial charge on any atom is -0.248 e. The minimum atomic E-state index is 0.983. The molecule has 0 bridgehead atoms. The van der Waals surface area contributed by atoms with Gasteiger partial charge in [0.15, 0.2) is 0 Å². The highest BCUT2D eigenvalue weighted by molar-refractivity contribution is 9.10. The first kappa shape index (κ1) is 15.8. The second-order valence-electron chi connectivity index (χ2n) is 5.87. The number of aromatic nitrogens is 1. The lowest BCUT2D eigenvalue weighted by Gasteiger charge is -2.10. The molecule has 3 aromatic carbocycles. The van der Waals surface area contributed by atoms with Gasteiger partial charge in [-0.15, -0.1) is 0 Å². The van der Waals surface area contributed by atoms with Gasteiger partial charge >= 0.3 is 0 Å². The molecule has 4 aromatic rings. The zero-order valence-corrected chi connectivity index (χ0v) is 15.1. The summed E-state index contributed by atoms with van der Waals surface area (Å²) in [5.74, 6) is 0. The van der Waals surface area contributed by atoms with Crippen molar-refractivity contribution in [1.29, 1.82) is 0 Å². The first-order chi connectivity index (χ1) is 12.3. The summed E-state index contributed by atoms with van der Waals surface area (Å²) in [6.07, 6.45) is 0. The fraction of sp³-hybridized carbons (Fsp3) is 0. The Hall–Kier alpha value is -2.71. The third-order valence-electron chi connectivity index (χ3n) is 4.12. The maximum Gasteiger partial charge on any atom is 0.0715 e. The van der Waals surface area contributed by atoms with Crippen molar-refractivity contribution in [2.75, 3.05) is 0 Å². The van der Waals surface area contributed by atoms with E-state index in [4.69, 9.17) is 4.98 Å². The van der Waals surface area contributed by atoms with Gasteiger partial charge in [0.2, 0.25) is 0 Å². The van der Waals surface area contributed by atoms with Crippen molar-refractivity contribution >= 4 is 15.9 Å². The first-order valence-electron chi connectivity index (χ1n) is 8.18. The van der Waals surface area contributed by atoms with Crippen LogP contribution in [0.4, 0.5) is 0 Å². The average Bonchev–Trinajstić information content (AvgIpc) is 2.69. The molecule has 120 valence electrons. The van der Waals surface area contributed by atoms with Crippen LogP contribution in [0.5, 0.6) is 0 Å². The van der Waals surface area contributed by atoms with E-state index in [-0.39, 0.29) is 0 Å². The zero-order chi connectivity index (χ0) is 17.1. The third-order valence-corrected chi connectivity index (χ3v) is 4.62. The topological polar surface area (TPSA) is 12.9 Å². The van der Waals surface area contributed by atoms with E-state index in [1.54, 1.807) is 0 Å². The number of hydrogen-bond donors (Lipinski definition) is 0. The number of hydrogen-bond acceptors (Lipinski definition) is 1. The molecule has 4 rings (SSSR count). The van der Waals surface area contributed by atoms with Crippen molar-refractivity contribution in [1.82, 2.24) is 4.98 Å². The van der Waals surface area contributed by atoms with Crippen molar-refractivity contribution in [3.8, 4) is 33.6 Å². The quantitative estimate of drug-likeness (QED) is 0.375. The molecule has 1 nitrogen and oxygen atoms in total. The van der Waals surface area contributed by atoms with Crippen LogP contribution in [0.1, 0.15) is 0 Å². The SMILES string of the molecule is Brc1cccc(-c2cc(-c3ccccc3)nc(-c3ccccc3)c2)c1. The van der Waals surface area contributed by atoms with E-state index >= 15 is 0 Å². The van der Waals surface area contributed by atoms with Crippen LogP contribution in [0.3, 0.4) is 0 Å². The molecule has 0 aliphatic carbocycles. The summed E-state index contributed by atoms with van der Waals surface area (Å²) < 4.78 is 1.07. The van der Waals surface area contributed by atoms with E-state index in [0.717, 1.165) is 32.6 Å². The van der Waals surface area contributed by atoms with Crippen molar-refractivity contribution in [3.05, 3.63) is 102 Å². The standard InChI is InChI=1S/C23H16BrN/c24-21-13-7-12-19(14-21)20-15-22(17-8-3-1-4-9-17)25-23(16-20)18-10-5-2-6-11-18/h1-16H. The van der Waals surface area contributed by atoms with Crippen LogP contribution < -0.4 is 0 Å². The van der Waals surface area contributed by atoms with Crippen LogP contribution >= 0.6 is 15.9 Å². The van der Waals surface area contributed by atoms with Crippen LogP contribution in [0, 0.1) is 0 Å². The van der Waals surface area contributed by atoms with Gasteiger partial charge in [-0.25, -0.2) is 4.98 Å². The molecule has 0 N–H and O–H groups in total. The summed E-state index contributed by atoms with van der Waals surface area (Å²) in [4.78, 5) is 4.91. The second-order valence-corrected chi connectivity index (χ2v) is 6.78. The van der Waals surface area contributed by atoms with Crippen LogP contribution in [0.25, 0.3) is 33.6 Å². The van der Waals surface area contributed by atoms with Crippen LogP contribution in [-0.2, 0) is 0 Å². The van der Waals surface area contributed by atoms with Gasteiger partial charge in [-0.3, -0.25) is 0 Å². The van der Waals surface area contributed by atoms with Crippen molar-refractivity contribution in [3.63, 3.8) is 0 Å². The Morgan fingerprint density at radius 1 is 0.480 bits per heavy atom. The van der Waals surface area contributed by atoms with Gasteiger partial charge < -0.3 is 0 Å². The fourth-order valence-corrected chi connectivity index (χ4v) is 3.28. The zero-order valence-electron chi connectivity index (χ0n) is 13.6. The lowest BCUT2D eigenvalue weighted by Crippen LogP contribution is -1.91. The first-order valence-corrected chi connectivity index (χ1v) is 8.98. The predicted molar refractivity (Wildman–Crippen MR) is 108 cm³/mol.